The quantitative estimate of drug-likeness (QED) is 0.724. The van der Waals surface area contributed by atoms with E-state index in [4.69, 9.17) is 4.52 Å². The van der Waals surface area contributed by atoms with Crippen LogP contribution in [0.3, 0.4) is 0 Å². The minimum Gasteiger partial charge on any atom is -0.334 e. The SMILES string of the molecule is Cn1cc(/C=C/c2nc(-c3cccs3)no2)cn1. The molecule has 5 nitrogen and oxygen atoms in total. The Morgan fingerprint density at radius 2 is 2.33 bits per heavy atom. The third-order valence-corrected chi connectivity index (χ3v) is 3.19. The Morgan fingerprint density at radius 3 is 3.06 bits per heavy atom. The molecule has 90 valence electrons. The smallest absolute Gasteiger partial charge is 0.250 e. The molecule has 0 amide bonds. The highest BCUT2D eigenvalue weighted by atomic mass is 32.1. The van der Waals surface area contributed by atoms with E-state index in [1.54, 1.807) is 28.3 Å². The second-order valence-corrected chi connectivity index (χ2v) is 4.66. The predicted octanol–water partition coefficient (Wildman–Crippen LogP) is 2.70. The van der Waals surface area contributed by atoms with Gasteiger partial charge in [0.2, 0.25) is 5.82 Å². The molecular weight excluding hydrogens is 248 g/mol. The van der Waals surface area contributed by atoms with Gasteiger partial charge >= 0.3 is 0 Å². The molecule has 0 unspecified atom stereocenters. The summed E-state index contributed by atoms with van der Waals surface area (Å²) in [7, 11) is 1.87. The highest BCUT2D eigenvalue weighted by Gasteiger charge is 2.06. The van der Waals surface area contributed by atoms with Crippen molar-refractivity contribution in [2.45, 2.75) is 0 Å². The fourth-order valence-corrected chi connectivity index (χ4v) is 2.15. The zero-order valence-electron chi connectivity index (χ0n) is 9.65. The molecule has 0 bridgehead atoms. The van der Waals surface area contributed by atoms with E-state index >= 15 is 0 Å². The van der Waals surface area contributed by atoms with E-state index in [9.17, 15) is 0 Å². The standard InChI is InChI=1S/C12H10N4OS/c1-16-8-9(7-13-16)4-5-11-14-12(15-17-11)10-3-2-6-18-10/h2-8H,1H3/b5-4+. The molecule has 3 heterocycles. The van der Waals surface area contributed by atoms with Crippen LogP contribution in [0.2, 0.25) is 0 Å². The summed E-state index contributed by atoms with van der Waals surface area (Å²) in [5.41, 5.74) is 0.994. The molecule has 3 aromatic rings. The molecule has 0 aliphatic carbocycles. The van der Waals surface area contributed by atoms with Crippen molar-refractivity contribution in [1.82, 2.24) is 19.9 Å². The Labute approximate surface area is 107 Å². The first-order chi connectivity index (χ1) is 8.81. The lowest BCUT2D eigenvalue weighted by molar-refractivity contribution is 0.411. The van der Waals surface area contributed by atoms with Gasteiger partial charge in [-0.25, -0.2) is 0 Å². The summed E-state index contributed by atoms with van der Waals surface area (Å²) in [6.45, 7) is 0. The van der Waals surface area contributed by atoms with E-state index in [0.29, 0.717) is 11.7 Å². The van der Waals surface area contributed by atoms with E-state index in [1.165, 1.54) is 0 Å². The van der Waals surface area contributed by atoms with Crippen molar-refractivity contribution < 1.29 is 4.52 Å². The van der Waals surface area contributed by atoms with E-state index in [0.717, 1.165) is 10.4 Å². The Morgan fingerprint density at radius 1 is 1.39 bits per heavy atom. The summed E-state index contributed by atoms with van der Waals surface area (Å²) >= 11 is 1.58. The van der Waals surface area contributed by atoms with Gasteiger partial charge in [-0.15, -0.1) is 11.3 Å². The highest BCUT2D eigenvalue weighted by Crippen LogP contribution is 2.21. The largest absolute Gasteiger partial charge is 0.334 e. The molecule has 6 heteroatoms. The normalized spacial score (nSPS) is 11.4. The second-order valence-electron chi connectivity index (χ2n) is 3.71. The molecule has 0 aromatic carbocycles. The Kier molecular flexibility index (Phi) is 2.77. The van der Waals surface area contributed by atoms with Crippen LogP contribution in [0.15, 0.2) is 34.4 Å². The maximum Gasteiger partial charge on any atom is 0.250 e. The lowest BCUT2D eigenvalue weighted by Gasteiger charge is -1.82. The molecule has 0 spiro atoms. The van der Waals surface area contributed by atoms with Gasteiger partial charge in [0.15, 0.2) is 0 Å². The van der Waals surface area contributed by atoms with Crippen molar-refractivity contribution in [2.24, 2.45) is 7.05 Å². The van der Waals surface area contributed by atoms with Crippen molar-refractivity contribution in [2.75, 3.05) is 0 Å². The fraction of sp³-hybridized carbons (Fsp3) is 0.0833. The zero-order valence-corrected chi connectivity index (χ0v) is 10.5. The van der Waals surface area contributed by atoms with Crippen LogP contribution in [0, 0.1) is 0 Å². The molecule has 0 aliphatic heterocycles. The van der Waals surface area contributed by atoms with E-state index in [-0.39, 0.29) is 0 Å². The van der Waals surface area contributed by atoms with Gasteiger partial charge in [-0.1, -0.05) is 11.2 Å². The molecule has 0 atom stereocenters. The summed E-state index contributed by atoms with van der Waals surface area (Å²) in [4.78, 5) is 5.29. The Bertz CT molecular complexity index is 666. The van der Waals surface area contributed by atoms with Gasteiger partial charge in [-0.2, -0.15) is 10.1 Å². The molecule has 0 aliphatic rings. The zero-order chi connectivity index (χ0) is 12.4. The first-order valence-corrected chi connectivity index (χ1v) is 6.23. The van der Waals surface area contributed by atoms with Gasteiger partial charge < -0.3 is 4.52 Å². The van der Waals surface area contributed by atoms with Gasteiger partial charge in [0.25, 0.3) is 5.89 Å². The molecule has 0 saturated heterocycles. The molecule has 0 N–H and O–H groups in total. The number of hydrogen-bond acceptors (Lipinski definition) is 5. The van der Waals surface area contributed by atoms with Crippen LogP contribution in [0.4, 0.5) is 0 Å². The van der Waals surface area contributed by atoms with Crippen molar-refractivity contribution in [3.05, 3.63) is 41.4 Å². The number of rotatable bonds is 3. The van der Waals surface area contributed by atoms with Crippen LogP contribution in [0.25, 0.3) is 22.9 Å². The van der Waals surface area contributed by atoms with E-state index in [1.807, 2.05) is 36.8 Å². The van der Waals surface area contributed by atoms with Crippen LogP contribution in [0.5, 0.6) is 0 Å². The lowest BCUT2D eigenvalue weighted by atomic mass is 10.3. The summed E-state index contributed by atoms with van der Waals surface area (Å²) in [5.74, 6) is 1.11. The number of thiophene rings is 1. The average Bonchev–Trinajstić information content (AvgIpc) is 3.07. The van der Waals surface area contributed by atoms with Crippen molar-refractivity contribution >= 4 is 23.5 Å². The van der Waals surface area contributed by atoms with Gasteiger partial charge in [-0.05, 0) is 17.5 Å². The predicted molar refractivity (Wildman–Crippen MR) is 69.7 cm³/mol. The highest BCUT2D eigenvalue weighted by molar-refractivity contribution is 7.13. The van der Waals surface area contributed by atoms with Crippen molar-refractivity contribution in [1.29, 1.82) is 0 Å². The first-order valence-electron chi connectivity index (χ1n) is 5.35. The second kappa shape index (κ2) is 4.58. The van der Waals surface area contributed by atoms with Gasteiger partial charge in [-0.3, -0.25) is 4.68 Å². The summed E-state index contributed by atoms with van der Waals surface area (Å²) in [6.07, 6.45) is 7.35. The monoisotopic (exact) mass is 258 g/mol. The summed E-state index contributed by atoms with van der Waals surface area (Å²) < 4.78 is 6.89. The van der Waals surface area contributed by atoms with E-state index < -0.39 is 0 Å². The minimum atomic E-state index is 0.488. The van der Waals surface area contributed by atoms with Gasteiger partial charge in [0.1, 0.15) is 0 Å². The third kappa shape index (κ3) is 2.23. The molecule has 0 saturated carbocycles. The summed E-state index contributed by atoms with van der Waals surface area (Å²) in [5, 5.41) is 9.99. The fourth-order valence-electron chi connectivity index (χ4n) is 1.50. The van der Waals surface area contributed by atoms with Crippen LogP contribution >= 0.6 is 11.3 Å². The maximum absolute atomic E-state index is 5.15. The van der Waals surface area contributed by atoms with Crippen molar-refractivity contribution in [3.63, 3.8) is 0 Å². The Balaban J connectivity index is 1.80. The van der Waals surface area contributed by atoms with Crippen LogP contribution < -0.4 is 0 Å². The van der Waals surface area contributed by atoms with Gasteiger partial charge in [0, 0.05) is 24.9 Å². The van der Waals surface area contributed by atoms with E-state index in [2.05, 4.69) is 15.2 Å². The molecular formula is C12H10N4OS. The van der Waals surface area contributed by atoms with Crippen LogP contribution in [-0.2, 0) is 7.05 Å². The molecule has 3 aromatic heterocycles. The Hall–Kier alpha value is -2.21. The molecule has 0 fully saturated rings. The van der Waals surface area contributed by atoms with Crippen LogP contribution in [-0.4, -0.2) is 19.9 Å². The number of aryl methyl sites for hydroxylation is 1. The maximum atomic E-state index is 5.15. The topological polar surface area (TPSA) is 56.7 Å². The minimum absolute atomic E-state index is 0.488. The first kappa shape index (κ1) is 10.9. The van der Waals surface area contributed by atoms with Crippen molar-refractivity contribution in [3.8, 4) is 10.7 Å². The number of nitrogens with zero attached hydrogens (tertiary/aromatic N) is 4. The summed E-state index contributed by atoms with van der Waals surface area (Å²) in [6, 6.07) is 3.92. The third-order valence-electron chi connectivity index (χ3n) is 2.33. The van der Waals surface area contributed by atoms with Crippen LogP contribution in [0.1, 0.15) is 11.5 Å². The molecule has 3 rings (SSSR count). The molecule has 18 heavy (non-hydrogen) atoms. The number of aromatic nitrogens is 4. The molecule has 0 radical (unpaired) electrons. The average molecular weight is 258 g/mol. The number of hydrogen-bond donors (Lipinski definition) is 0. The lowest BCUT2D eigenvalue weighted by Crippen LogP contribution is -1.83. The van der Waals surface area contributed by atoms with Gasteiger partial charge in [0.05, 0.1) is 11.1 Å².